The first kappa shape index (κ1) is 8.88. The summed E-state index contributed by atoms with van der Waals surface area (Å²) in [7, 11) is 0. The van der Waals surface area contributed by atoms with Crippen LogP contribution in [-0.4, -0.2) is 23.3 Å². The van der Waals surface area contributed by atoms with Crippen LogP contribution in [0, 0.1) is 6.92 Å². The van der Waals surface area contributed by atoms with Crippen molar-refractivity contribution < 1.29 is 14.3 Å². The molecule has 78 valence electrons. The molecule has 1 aromatic carbocycles. The van der Waals surface area contributed by atoms with E-state index in [1.165, 1.54) is 0 Å². The van der Waals surface area contributed by atoms with Crippen LogP contribution < -0.4 is 0 Å². The summed E-state index contributed by atoms with van der Waals surface area (Å²) in [5, 5.41) is 10.1. The molecule has 1 aliphatic heterocycles. The van der Waals surface area contributed by atoms with Gasteiger partial charge in [-0.2, -0.15) is 0 Å². The normalized spacial score (nSPS) is 19.1. The van der Waals surface area contributed by atoms with Gasteiger partial charge in [0, 0.05) is 6.92 Å². The summed E-state index contributed by atoms with van der Waals surface area (Å²) in [6.07, 6.45) is 0. The minimum Gasteiger partial charge on any atom is -0.441 e. The average molecular weight is 205 g/mol. The summed E-state index contributed by atoms with van der Waals surface area (Å²) in [4.78, 5) is 4.23. The zero-order valence-corrected chi connectivity index (χ0v) is 8.36. The lowest BCUT2D eigenvalue weighted by atomic mass is 9.92. The van der Waals surface area contributed by atoms with E-state index in [1.807, 2.05) is 18.2 Å². The summed E-state index contributed by atoms with van der Waals surface area (Å²) in [5.41, 5.74) is 1.54. The second-order valence-corrected chi connectivity index (χ2v) is 3.94. The Kier molecular flexibility index (Phi) is 1.66. The van der Waals surface area contributed by atoms with Crippen molar-refractivity contribution in [2.75, 3.05) is 13.2 Å². The molecule has 1 aromatic heterocycles. The number of ether oxygens (including phenoxy) is 1. The smallest absolute Gasteiger partial charge is 0.192 e. The fraction of sp³-hybridized carbons (Fsp3) is 0.364. The second kappa shape index (κ2) is 2.81. The molecular formula is C11H11NO3. The average Bonchev–Trinajstić information content (AvgIpc) is 2.53. The molecule has 0 unspecified atom stereocenters. The van der Waals surface area contributed by atoms with Crippen molar-refractivity contribution in [3.8, 4) is 0 Å². The molecular weight excluding hydrogens is 194 g/mol. The van der Waals surface area contributed by atoms with E-state index in [2.05, 4.69) is 4.98 Å². The summed E-state index contributed by atoms with van der Waals surface area (Å²) in [5.74, 6) is 0.638. The standard InChI is InChI=1S/C11H11NO3/c1-7-12-9-4-8(2-3-10(9)15-7)11(13)5-14-6-11/h2-4,13H,5-6H2,1H3. The van der Waals surface area contributed by atoms with E-state index in [0.717, 1.165) is 16.7 Å². The van der Waals surface area contributed by atoms with Crippen LogP contribution in [0.3, 0.4) is 0 Å². The van der Waals surface area contributed by atoms with Crippen LogP contribution in [0.1, 0.15) is 11.5 Å². The molecule has 0 amide bonds. The minimum absolute atomic E-state index is 0.356. The lowest BCUT2D eigenvalue weighted by molar-refractivity contribution is -0.184. The molecule has 0 bridgehead atoms. The van der Waals surface area contributed by atoms with Crippen LogP contribution in [-0.2, 0) is 10.3 Å². The highest BCUT2D eigenvalue weighted by molar-refractivity contribution is 5.73. The third-order valence-electron chi connectivity index (χ3n) is 2.71. The highest BCUT2D eigenvalue weighted by atomic mass is 16.5. The summed E-state index contributed by atoms with van der Waals surface area (Å²) < 4.78 is 10.4. The van der Waals surface area contributed by atoms with Crippen LogP contribution in [0.5, 0.6) is 0 Å². The van der Waals surface area contributed by atoms with Crippen molar-refractivity contribution in [3.63, 3.8) is 0 Å². The molecule has 2 heterocycles. The van der Waals surface area contributed by atoms with E-state index < -0.39 is 5.60 Å². The molecule has 1 N–H and O–H groups in total. The quantitative estimate of drug-likeness (QED) is 0.763. The molecule has 0 saturated carbocycles. The Bertz CT molecular complexity index is 514. The molecule has 3 rings (SSSR count). The Labute approximate surface area is 86.5 Å². The monoisotopic (exact) mass is 205 g/mol. The first-order valence-electron chi connectivity index (χ1n) is 4.85. The fourth-order valence-electron chi connectivity index (χ4n) is 1.79. The molecule has 15 heavy (non-hydrogen) atoms. The maximum absolute atomic E-state index is 10.1. The summed E-state index contributed by atoms with van der Waals surface area (Å²) in [6.45, 7) is 2.52. The van der Waals surface area contributed by atoms with Gasteiger partial charge < -0.3 is 14.3 Å². The zero-order valence-electron chi connectivity index (χ0n) is 8.36. The highest BCUT2D eigenvalue weighted by Gasteiger charge is 2.38. The molecule has 4 nitrogen and oxygen atoms in total. The number of hydrogen-bond donors (Lipinski definition) is 1. The number of nitrogens with zero attached hydrogens (tertiary/aromatic N) is 1. The molecule has 0 spiro atoms. The predicted octanol–water partition coefficient (Wildman–Crippen LogP) is 1.35. The molecule has 2 aromatic rings. The lowest BCUT2D eigenvalue weighted by Gasteiger charge is -2.36. The van der Waals surface area contributed by atoms with Gasteiger partial charge in [0.15, 0.2) is 11.5 Å². The Morgan fingerprint density at radius 2 is 2.20 bits per heavy atom. The number of fused-ring (bicyclic) bond motifs is 1. The predicted molar refractivity (Wildman–Crippen MR) is 53.5 cm³/mol. The van der Waals surface area contributed by atoms with Gasteiger partial charge in [0.25, 0.3) is 0 Å². The van der Waals surface area contributed by atoms with Gasteiger partial charge in [0.1, 0.15) is 11.1 Å². The van der Waals surface area contributed by atoms with Crippen LogP contribution in [0.25, 0.3) is 11.1 Å². The number of aromatic nitrogens is 1. The van der Waals surface area contributed by atoms with E-state index in [1.54, 1.807) is 6.92 Å². The number of oxazole rings is 1. The lowest BCUT2D eigenvalue weighted by Crippen LogP contribution is -2.46. The van der Waals surface area contributed by atoms with Gasteiger partial charge >= 0.3 is 0 Å². The Morgan fingerprint density at radius 3 is 2.87 bits per heavy atom. The van der Waals surface area contributed by atoms with Crippen LogP contribution in [0.2, 0.25) is 0 Å². The number of hydrogen-bond acceptors (Lipinski definition) is 4. The number of benzene rings is 1. The zero-order chi connectivity index (χ0) is 10.5. The van der Waals surface area contributed by atoms with E-state index >= 15 is 0 Å². The highest BCUT2D eigenvalue weighted by Crippen LogP contribution is 2.31. The van der Waals surface area contributed by atoms with Crippen LogP contribution in [0.4, 0.5) is 0 Å². The van der Waals surface area contributed by atoms with Gasteiger partial charge in [-0.15, -0.1) is 0 Å². The first-order valence-corrected chi connectivity index (χ1v) is 4.85. The van der Waals surface area contributed by atoms with Crippen LogP contribution in [0.15, 0.2) is 22.6 Å². The maximum atomic E-state index is 10.1. The van der Waals surface area contributed by atoms with Crippen molar-refractivity contribution in [2.24, 2.45) is 0 Å². The maximum Gasteiger partial charge on any atom is 0.192 e. The van der Waals surface area contributed by atoms with E-state index in [-0.39, 0.29) is 0 Å². The third kappa shape index (κ3) is 1.26. The largest absolute Gasteiger partial charge is 0.441 e. The van der Waals surface area contributed by atoms with E-state index in [0.29, 0.717) is 19.1 Å². The Morgan fingerprint density at radius 1 is 1.40 bits per heavy atom. The van der Waals surface area contributed by atoms with Gasteiger partial charge in [-0.05, 0) is 17.7 Å². The van der Waals surface area contributed by atoms with Crippen LogP contribution >= 0.6 is 0 Å². The van der Waals surface area contributed by atoms with Gasteiger partial charge in [0.05, 0.1) is 13.2 Å². The SMILES string of the molecule is Cc1nc2cc(C3(O)COC3)ccc2o1. The molecule has 1 aliphatic rings. The molecule has 1 saturated heterocycles. The minimum atomic E-state index is -0.832. The van der Waals surface area contributed by atoms with E-state index in [4.69, 9.17) is 9.15 Å². The second-order valence-electron chi connectivity index (χ2n) is 3.94. The van der Waals surface area contributed by atoms with Gasteiger partial charge in [-0.3, -0.25) is 0 Å². The first-order chi connectivity index (χ1) is 7.17. The van der Waals surface area contributed by atoms with Crippen molar-refractivity contribution >= 4 is 11.1 Å². The van der Waals surface area contributed by atoms with Gasteiger partial charge in [-0.25, -0.2) is 4.98 Å². The van der Waals surface area contributed by atoms with Crippen molar-refractivity contribution in [3.05, 3.63) is 29.7 Å². The molecule has 0 aliphatic carbocycles. The third-order valence-corrected chi connectivity index (χ3v) is 2.71. The van der Waals surface area contributed by atoms with Crippen molar-refractivity contribution in [2.45, 2.75) is 12.5 Å². The molecule has 0 radical (unpaired) electrons. The number of aryl methyl sites for hydroxylation is 1. The Balaban J connectivity index is 2.13. The number of rotatable bonds is 1. The molecule has 0 atom stereocenters. The van der Waals surface area contributed by atoms with E-state index in [9.17, 15) is 5.11 Å². The molecule has 1 fully saturated rings. The van der Waals surface area contributed by atoms with Gasteiger partial charge in [0.2, 0.25) is 0 Å². The topological polar surface area (TPSA) is 55.5 Å². The van der Waals surface area contributed by atoms with Crippen molar-refractivity contribution in [1.29, 1.82) is 0 Å². The summed E-state index contributed by atoms with van der Waals surface area (Å²) in [6, 6.07) is 5.55. The Hall–Kier alpha value is -1.39. The summed E-state index contributed by atoms with van der Waals surface area (Å²) >= 11 is 0. The fourth-order valence-corrected chi connectivity index (χ4v) is 1.79. The van der Waals surface area contributed by atoms with Crippen molar-refractivity contribution in [1.82, 2.24) is 4.98 Å². The molecule has 4 heteroatoms. The number of aliphatic hydroxyl groups is 1. The van der Waals surface area contributed by atoms with Gasteiger partial charge in [-0.1, -0.05) is 6.07 Å².